The summed E-state index contributed by atoms with van der Waals surface area (Å²) in [6.45, 7) is 6.18. The van der Waals surface area contributed by atoms with E-state index in [4.69, 9.17) is 9.47 Å². The van der Waals surface area contributed by atoms with Gasteiger partial charge in [0.25, 0.3) is 6.43 Å². The van der Waals surface area contributed by atoms with E-state index in [0.29, 0.717) is 18.3 Å². The molecule has 3 unspecified atom stereocenters. The Labute approximate surface area is 139 Å². The Balaban J connectivity index is 1.64. The van der Waals surface area contributed by atoms with Crippen molar-refractivity contribution in [3.63, 3.8) is 0 Å². The van der Waals surface area contributed by atoms with Gasteiger partial charge in [-0.2, -0.15) is 0 Å². The summed E-state index contributed by atoms with van der Waals surface area (Å²) in [5.74, 6) is 0.689. The van der Waals surface area contributed by atoms with E-state index in [1.165, 1.54) is 12.1 Å². The number of amides is 1. The number of piperidine rings is 1. The number of alkyl halides is 2. The third kappa shape index (κ3) is 3.60. The number of likely N-dealkylation sites (tertiary alicyclic amines) is 1. The van der Waals surface area contributed by atoms with Gasteiger partial charge in [-0.1, -0.05) is 0 Å². The van der Waals surface area contributed by atoms with Gasteiger partial charge in [0.15, 0.2) is 0 Å². The molecule has 1 amide bonds. The van der Waals surface area contributed by atoms with E-state index in [1.807, 2.05) is 20.8 Å². The average Bonchev–Trinajstić information content (AvgIpc) is 3.06. The van der Waals surface area contributed by atoms with Crippen LogP contribution >= 0.6 is 0 Å². The number of pyridine rings is 1. The largest absolute Gasteiger partial charge is 0.472 e. The first-order valence-electron chi connectivity index (χ1n) is 8.13. The van der Waals surface area contributed by atoms with Gasteiger partial charge in [0.1, 0.15) is 11.7 Å². The molecule has 1 saturated carbocycles. The molecular formula is C17H22F2N2O3. The van der Waals surface area contributed by atoms with Crippen molar-refractivity contribution >= 4 is 6.09 Å². The summed E-state index contributed by atoms with van der Waals surface area (Å²) in [6, 6.07) is 2.71. The smallest absolute Gasteiger partial charge is 0.410 e. The van der Waals surface area contributed by atoms with E-state index in [-0.39, 0.29) is 23.8 Å². The maximum Gasteiger partial charge on any atom is 0.410 e. The summed E-state index contributed by atoms with van der Waals surface area (Å²) in [5.41, 5.74) is -0.673. The van der Waals surface area contributed by atoms with Gasteiger partial charge in [-0.05, 0) is 45.6 Å². The van der Waals surface area contributed by atoms with Crippen LogP contribution in [-0.2, 0) is 4.74 Å². The summed E-state index contributed by atoms with van der Waals surface area (Å²) >= 11 is 0. The van der Waals surface area contributed by atoms with Crippen LogP contribution in [0.1, 0.15) is 45.6 Å². The molecule has 132 valence electrons. The van der Waals surface area contributed by atoms with Gasteiger partial charge in [-0.15, -0.1) is 0 Å². The second-order valence-electron chi connectivity index (χ2n) is 7.42. The van der Waals surface area contributed by atoms with Crippen LogP contribution in [0.15, 0.2) is 18.3 Å². The molecular weight excluding hydrogens is 318 g/mol. The van der Waals surface area contributed by atoms with Gasteiger partial charge in [0.2, 0.25) is 5.88 Å². The molecule has 24 heavy (non-hydrogen) atoms. The fourth-order valence-corrected chi connectivity index (χ4v) is 3.37. The Morgan fingerprint density at radius 2 is 2.08 bits per heavy atom. The number of ether oxygens (including phenoxy) is 2. The van der Waals surface area contributed by atoms with E-state index in [2.05, 4.69) is 4.98 Å². The molecule has 0 radical (unpaired) electrons. The monoisotopic (exact) mass is 340 g/mol. The molecule has 2 fully saturated rings. The molecule has 1 saturated heterocycles. The highest BCUT2D eigenvalue weighted by Crippen LogP contribution is 2.40. The van der Waals surface area contributed by atoms with Crippen molar-refractivity contribution in [1.29, 1.82) is 0 Å². The Hall–Kier alpha value is -1.92. The Bertz CT molecular complexity index is 601. The number of hydrogen-bond donors (Lipinski definition) is 0. The number of rotatable bonds is 3. The Morgan fingerprint density at radius 3 is 2.62 bits per heavy atom. The molecule has 2 heterocycles. The van der Waals surface area contributed by atoms with Crippen LogP contribution in [0, 0.1) is 5.92 Å². The predicted molar refractivity (Wildman–Crippen MR) is 83.1 cm³/mol. The number of fused-ring (bicyclic) bond motifs is 2. The standard InChI is InChI=1S/C17H22F2N2O3/c1-17(2,3)24-16(22)21-9-10-6-12(21)13(7-10)23-14-5-4-11(8-20-14)15(18)19/h4-5,8,10,12-13,15H,6-7,9H2,1-3H3. The molecule has 1 aromatic rings. The second-order valence-corrected chi connectivity index (χ2v) is 7.42. The van der Waals surface area contributed by atoms with Gasteiger partial charge < -0.3 is 14.4 Å². The third-order valence-electron chi connectivity index (χ3n) is 4.34. The van der Waals surface area contributed by atoms with E-state index in [1.54, 1.807) is 4.90 Å². The maximum absolute atomic E-state index is 12.6. The number of aromatic nitrogens is 1. The van der Waals surface area contributed by atoms with Crippen LogP contribution in [0.3, 0.4) is 0 Å². The Morgan fingerprint density at radius 1 is 1.33 bits per heavy atom. The SMILES string of the molecule is CC(C)(C)OC(=O)N1CC2CC(Oc3ccc(C(F)F)cn3)C1C2. The molecule has 0 N–H and O–H groups in total. The minimum Gasteiger partial charge on any atom is -0.472 e. The lowest BCUT2D eigenvalue weighted by molar-refractivity contribution is 0.00210. The van der Waals surface area contributed by atoms with E-state index < -0.39 is 12.0 Å². The molecule has 2 aliphatic rings. The van der Waals surface area contributed by atoms with Crippen molar-refractivity contribution in [2.45, 2.75) is 57.8 Å². The quantitative estimate of drug-likeness (QED) is 0.840. The van der Waals surface area contributed by atoms with Crippen molar-refractivity contribution in [2.24, 2.45) is 5.92 Å². The van der Waals surface area contributed by atoms with Crippen LogP contribution in [0.2, 0.25) is 0 Å². The number of hydrogen-bond acceptors (Lipinski definition) is 4. The average molecular weight is 340 g/mol. The first-order valence-corrected chi connectivity index (χ1v) is 8.13. The van der Waals surface area contributed by atoms with Crippen LogP contribution in [0.25, 0.3) is 0 Å². The minimum atomic E-state index is -2.54. The zero-order valence-corrected chi connectivity index (χ0v) is 14.0. The predicted octanol–water partition coefficient (Wildman–Crippen LogP) is 3.80. The molecule has 0 aromatic carbocycles. The normalized spacial score (nSPS) is 26.1. The fourth-order valence-electron chi connectivity index (χ4n) is 3.37. The maximum atomic E-state index is 12.6. The molecule has 5 nitrogen and oxygen atoms in total. The summed E-state index contributed by atoms with van der Waals surface area (Å²) in [7, 11) is 0. The van der Waals surface area contributed by atoms with Gasteiger partial charge in [0.05, 0.1) is 6.04 Å². The van der Waals surface area contributed by atoms with Gasteiger partial charge >= 0.3 is 6.09 Å². The zero-order valence-electron chi connectivity index (χ0n) is 14.0. The van der Waals surface area contributed by atoms with Crippen molar-refractivity contribution in [3.8, 4) is 5.88 Å². The lowest BCUT2D eigenvalue weighted by Crippen LogP contribution is -2.48. The van der Waals surface area contributed by atoms with Crippen LogP contribution < -0.4 is 4.74 Å². The Kier molecular flexibility index (Phi) is 4.36. The molecule has 0 spiro atoms. The first kappa shape index (κ1) is 16.9. The topological polar surface area (TPSA) is 51.7 Å². The van der Waals surface area contributed by atoms with Crippen molar-refractivity contribution in [2.75, 3.05) is 6.54 Å². The zero-order chi connectivity index (χ0) is 17.5. The molecule has 3 atom stereocenters. The molecule has 1 aromatic heterocycles. The molecule has 3 rings (SSSR count). The molecule has 2 bridgehead atoms. The van der Waals surface area contributed by atoms with Crippen LogP contribution in [-0.4, -0.2) is 40.3 Å². The summed E-state index contributed by atoms with van der Waals surface area (Å²) < 4.78 is 36.4. The molecule has 1 aliphatic heterocycles. The third-order valence-corrected chi connectivity index (χ3v) is 4.34. The second kappa shape index (κ2) is 6.18. The fraction of sp³-hybridized carbons (Fsp3) is 0.647. The highest BCUT2D eigenvalue weighted by Gasteiger charge is 2.49. The molecule has 1 aliphatic carbocycles. The lowest BCUT2D eigenvalue weighted by Gasteiger charge is -2.34. The van der Waals surface area contributed by atoms with Crippen molar-refractivity contribution in [1.82, 2.24) is 9.88 Å². The van der Waals surface area contributed by atoms with Crippen molar-refractivity contribution < 1.29 is 23.0 Å². The summed E-state index contributed by atoms with van der Waals surface area (Å²) in [4.78, 5) is 18.0. The summed E-state index contributed by atoms with van der Waals surface area (Å²) in [6.07, 6.45) is -0.220. The van der Waals surface area contributed by atoms with Crippen LogP contribution in [0.4, 0.5) is 13.6 Å². The van der Waals surface area contributed by atoms with Crippen LogP contribution in [0.5, 0.6) is 5.88 Å². The number of carbonyl (C=O) groups excluding carboxylic acids is 1. The van der Waals surface area contributed by atoms with E-state index in [9.17, 15) is 13.6 Å². The first-order chi connectivity index (χ1) is 11.2. The van der Waals surface area contributed by atoms with Gasteiger partial charge in [0, 0.05) is 24.4 Å². The summed E-state index contributed by atoms with van der Waals surface area (Å²) in [5, 5.41) is 0. The molecule has 7 heteroatoms. The highest BCUT2D eigenvalue weighted by molar-refractivity contribution is 5.69. The van der Waals surface area contributed by atoms with Gasteiger partial charge in [-0.25, -0.2) is 18.6 Å². The van der Waals surface area contributed by atoms with E-state index in [0.717, 1.165) is 19.0 Å². The van der Waals surface area contributed by atoms with E-state index >= 15 is 0 Å². The number of halogens is 2. The number of carbonyl (C=O) groups is 1. The highest BCUT2D eigenvalue weighted by atomic mass is 19.3. The lowest BCUT2D eigenvalue weighted by atomic mass is 10.1. The van der Waals surface area contributed by atoms with Crippen molar-refractivity contribution in [3.05, 3.63) is 23.9 Å². The minimum absolute atomic E-state index is 0.0542. The number of nitrogens with zero attached hydrogens (tertiary/aromatic N) is 2. The van der Waals surface area contributed by atoms with Gasteiger partial charge in [-0.3, -0.25) is 0 Å².